The SMILES string of the molecule is O=c1c2ccccc2c2nc3c(c(-c4ccc(Cl)cc4)c12)c(=O)c1ccccc13. The third-order valence-electron chi connectivity index (χ3n) is 5.64. The van der Waals surface area contributed by atoms with Gasteiger partial charge in [0, 0.05) is 32.1 Å². The van der Waals surface area contributed by atoms with E-state index in [2.05, 4.69) is 0 Å². The summed E-state index contributed by atoms with van der Waals surface area (Å²) in [4.78, 5) is 31.6. The van der Waals surface area contributed by atoms with Crippen molar-refractivity contribution in [1.82, 2.24) is 4.98 Å². The molecule has 5 aromatic carbocycles. The maximum Gasteiger partial charge on any atom is 0.196 e. The molecule has 6 aromatic rings. The highest BCUT2D eigenvalue weighted by atomic mass is 35.5. The van der Waals surface area contributed by atoms with Crippen LogP contribution in [0.4, 0.5) is 0 Å². The molecule has 4 heteroatoms. The van der Waals surface area contributed by atoms with Gasteiger partial charge in [0.25, 0.3) is 0 Å². The molecule has 0 bridgehead atoms. The highest BCUT2D eigenvalue weighted by molar-refractivity contribution is 6.31. The lowest BCUT2D eigenvalue weighted by Gasteiger charge is -2.06. The maximum absolute atomic E-state index is 13.4. The van der Waals surface area contributed by atoms with Gasteiger partial charge in [0.05, 0.1) is 21.8 Å². The van der Waals surface area contributed by atoms with Crippen molar-refractivity contribution in [2.75, 3.05) is 0 Å². The van der Waals surface area contributed by atoms with Gasteiger partial charge < -0.3 is 0 Å². The van der Waals surface area contributed by atoms with Crippen LogP contribution in [0.25, 0.3) is 54.5 Å². The van der Waals surface area contributed by atoms with Gasteiger partial charge in [0.15, 0.2) is 10.9 Å². The van der Waals surface area contributed by atoms with E-state index in [1.807, 2.05) is 60.7 Å². The molecule has 0 aliphatic carbocycles. The van der Waals surface area contributed by atoms with Crippen LogP contribution in [0.15, 0.2) is 82.4 Å². The van der Waals surface area contributed by atoms with Gasteiger partial charge in [-0.1, -0.05) is 72.3 Å². The third-order valence-corrected chi connectivity index (χ3v) is 5.89. The van der Waals surface area contributed by atoms with Crippen molar-refractivity contribution >= 4 is 55.0 Å². The molecule has 0 atom stereocenters. The molecule has 0 spiro atoms. The maximum atomic E-state index is 13.4. The van der Waals surface area contributed by atoms with E-state index in [0.29, 0.717) is 43.2 Å². The minimum absolute atomic E-state index is 0.0976. The van der Waals surface area contributed by atoms with Crippen LogP contribution < -0.4 is 10.9 Å². The topological polar surface area (TPSA) is 47.0 Å². The predicted octanol–water partition coefficient (Wildman–Crippen LogP) is 5.61. The predicted molar refractivity (Wildman–Crippen MR) is 120 cm³/mol. The molecular weight excluding hydrogens is 382 g/mol. The van der Waals surface area contributed by atoms with Crippen LogP contribution in [0.2, 0.25) is 5.02 Å². The van der Waals surface area contributed by atoms with Crippen molar-refractivity contribution in [2.24, 2.45) is 0 Å². The average Bonchev–Trinajstić information content (AvgIpc) is 3.21. The number of halogens is 1. The van der Waals surface area contributed by atoms with E-state index < -0.39 is 0 Å². The quantitative estimate of drug-likeness (QED) is 0.364. The summed E-state index contributed by atoms with van der Waals surface area (Å²) in [6.07, 6.45) is 0. The monoisotopic (exact) mass is 393 g/mol. The number of rotatable bonds is 1. The normalized spacial score (nSPS) is 11.9. The number of hydrogen-bond acceptors (Lipinski definition) is 3. The summed E-state index contributed by atoms with van der Waals surface area (Å²) < 4.78 is 0. The van der Waals surface area contributed by atoms with E-state index in [0.717, 1.165) is 16.3 Å². The Hall–Kier alpha value is -3.56. The molecule has 29 heavy (non-hydrogen) atoms. The molecule has 6 rings (SSSR count). The first-order chi connectivity index (χ1) is 14.1. The number of fused-ring (bicyclic) bond motifs is 6. The molecule has 1 aromatic heterocycles. The molecule has 0 saturated heterocycles. The van der Waals surface area contributed by atoms with Gasteiger partial charge in [-0.25, -0.2) is 4.98 Å². The van der Waals surface area contributed by atoms with Gasteiger partial charge in [-0.2, -0.15) is 0 Å². The number of nitrogens with zero attached hydrogens (tertiary/aromatic N) is 1. The van der Waals surface area contributed by atoms with E-state index in [4.69, 9.17) is 16.6 Å². The van der Waals surface area contributed by atoms with Crippen LogP contribution >= 0.6 is 11.6 Å². The van der Waals surface area contributed by atoms with Crippen molar-refractivity contribution in [1.29, 1.82) is 0 Å². The van der Waals surface area contributed by atoms with Gasteiger partial charge in [-0.3, -0.25) is 9.59 Å². The fraction of sp³-hybridized carbons (Fsp3) is 0. The van der Waals surface area contributed by atoms with Crippen LogP contribution in [0.1, 0.15) is 0 Å². The van der Waals surface area contributed by atoms with Crippen molar-refractivity contribution in [3.63, 3.8) is 0 Å². The number of benzene rings is 3. The summed E-state index contributed by atoms with van der Waals surface area (Å²) in [5.41, 5.74) is 2.51. The number of hydrogen-bond donors (Lipinski definition) is 0. The Kier molecular flexibility index (Phi) is 3.24. The van der Waals surface area contributed by atoms with Gasteiger partial charge in [0.2, 0.25) is 0 Å². The average molecular weight is 394 g/mol. The Morgan fingerprint density at radius 1 is 0.586 bits per heavy atom. The Bertz CT molecular complexity index is 1590. The molecule has 0 saturated carbocycles. The third kappa shape index (κ3) is 2.11. The molecule has 0 fully saturated rings. The molecule has 0 N–H and O–H groups in total. The zero-order chi connectivity index (χ0) is 19.7. The van der Waals surface area contributed by atoms with E-state index in [1.165, 1.54) is 0 Å². The first-order valence-electron chi connectivity index (χ1n) is 9.27. The fourth-order valence-electron chi connectivity index (χ4n) is 4.37. The van der Waals surface area contributed by atoms with Gasteiger partial charge in [-0.15, -0.1) is 0 Å². The van der Waals surface area contributed by atoms with Crippen LogP contribution in [0.3, 0.4) is 0 Å². The van der Waals surface area contributed by atoms with Crippen LogP contribution in [-0.4, -0.2) is 4.98 Å². The highest BCUT2D eigenvalue weighted by Crippen LogP contribution is 2.38. The number of aromatic nitrogens is 1. The summed E-state index contributed by atoms with van der Waals surface area (Å²) in [7, 11) is 0. The molecule has 3 nitrogen and oxygen atoms in total. The van der Waals surface area contributed by atoms with Gasteiger partial charge in [-0.05, 0) is 17.7 Å². The second-order valence-electron chi connectivity index (χ2n) is 7.19. The van der Waals surface area contributed by atoms with Crippen molar-refractivity contribution in [3.05, 3.63) is 98.3 Å². The largest absolute Gasteiger partial charge is 0.288 e. The zero-order valence-corrected chi connectivity index (χ0v) is 15.8. The summed E-state index contributed by atoms with van der Waals surface area (Å²) in [6, 6.07) is 22.2. The van der Waals surface area contributed by atoms with E-state index in [9.17, 15) is 9.59 Å². The first kappa shape index (κ1) is 16.4. The highest BCUT2D eigenvalue weighted by Gasteiger charge is 2.23. The van der Waals surface area contributed by atoms with E-state index in [-0.39, 0.29) is 10.9 Å². The summed E-state index contributed by atoms with van der Waals surface area (Å²) in [5, 5.41) is 4.44. The Balaban J connectivity index is 1.98. The molecule has 0 radical (unpaired) electrons. The minimum Gasteiger partial charge on any atom is -0.288 e. The summed E-state index contributed by atoms with van der Waals surface area (Å²) in [6.45, 7) is 0. The second-order valence-corrected chi connectivity index (χ2v) is 7.63. The second kappa shape index (κ2) is 5.72. The molecule has 0 aliphatic heterocycles. The molecule has 1 heterocycles. The van der Waals surface area contributed by atoms with E-state index >= 15 is 0 Å². The van der Waals surface area contributed by atoms with Crippen molar-refractivity contribution < 1.29 is 0 Å². The van der Waals surface area contributed by atoms with Crippen LogP contribution in [0.5, 0.6) is 0 Å². The van der Waals surface area contributed by atoms with Crippen LogP contribution in [0, 0.1) is 0 Å². The van der Waals surface area contributed by atoms with Gasteiger partial charge in [0.1, 0.15) is 0 Å². The van der Waals surface area contributed by atoms with Crippen molar-refractivity contribution in [3.8, 4) is 11.1 Å². The minimum atomic E-state index is -0.0976. The molecule has 136 valence electrons. The molecule has 0 aliphatic rings. The number of pyridine rings is 1. The summed E-state index contributed by atoms with van der Waals surface area (Å²) in [5.74, 6) is 0. The Morgan fingerprint density at radius 2 is 1.03 bits per heavy atom. The Morgan fingerprint density at radius 3 is 1.52 bits per heavy atom. The molecule has 0 amide bonds. The van der Waals surface area contributed by atoms with Crippen LogP contribution in [-0.2, 0) is 0 Å². The van der Waals surface area contributed by atoms with Gasteiger partial charge >= 0.3 is 0 Å². The lowest BCUT2D eigenvalue weighted by atomic mass is 9.99. The molecular formula is C25H12ClNO2. The summed E-state index contributed by atoms with van der Waals surface area (Å²) >= 11 is 6.09. The lowest BCUT2D eigenvalue weighted by molar-refractivity contribution is 1.55. The standard InChI is InChI=1S/C25H12ClNO2/c26-14-11-9-13(10-12-14)19-20-22(15-5-1-3-7-17(15)24(20)28)27-23-16-6-2-4-8-18(16)25(29)21(19)23/h1-12H. The molecule has 0 unspecified atom stereocenters. The zero-order valence-electron chi connectivity index (χ0n) is 15.1. The lowest BCUT2D eigenvalue weighted by Crippen LogP contribution is -2.02. The smallest absolute Gasteiger partial charge is 0.196 e. The Labute approximate surface area is 169 Å². The first-order valence-corrected chi connectivity index (χ1v) is 9.65. The van der Waals surface area contributed by atoms with Crippen molar-refractivity contribution in [2.45, 2.75) is 0 Å². The fourth-order valence-corrected chi connectivity index (χ4v) is 4.49. The van der Waals surface area contributed by atoms with E-state index in [1.54, 1.807) is 12.1 Å².